The van der Waals surface area contributed by atoms with Gasteiger partial charge in [0.05, 0.1) is 5.56 Å². The third-order valence-corrected chi connectivity index (χ3v) is 7.42. The second kappa shape index (κ2) is 9.33. The van der Waals surface area contributed by atoms with Crippen LogP contribution >= 0.6 is 0 Å². The van der Waals surface area contributed by atoms with E-state index in [0.29, 0.717) is 31.0 Å². The number of nitrogens with zero attached hydrogens (tertiary/aromatic N) is 1. The highest BCUT2D eigenvalue weighted by Gasteiger charge is 2.27. The van der Waals surface area contributed by atoms with E-state index < -0.39 is 23.5 Å². The SMILES string of the molecule is Cc1cc(C2CC2)cc(C(=O)O)c1CCNc1ccc2c(ccn2CC2C=CC(F)=C(F)C2C)c1. The summed E-state index contributed by atoms with van der Waals surface area (Å²) in [5, 5.41) is 14.2. The van der Waals surface area contributed by atoms with Crippen LogP contribution in [0.15, 0.2) is 66.4 Å². The lowest BCUT2D eigenvalue weighted by atomic mass is 9.88. The van der Waals surface area contributed by atoms with Gasteiger partial charge in [-0.05, 0) is 85.2 Å². The van der Waals surface area contributed by atoms with E-state index >= 15 is 0 Å². The van der Waals surface area contributed by atoms with Crippen molar-refractivity contribution < 1.29 is 18.7 Å². The first-order valence-corrected chi connectivity index (χ1v) is 12.2. The lowest BCUT2D eigenvalue weighted by Gasteiger charge is -2.23. The molecule has 0 bridgehead atoms. The van der Waals surface area contributed by atoms with Crippen molar-refractivity contribution in [2.24, 2.45) is 11.8 Å². The third-order valence-electron chi connectivity index (χ3n) is 7.42. The van der Waals surface area contributed by atoms with Crippen molar-refractivity contribution in [1.29, 1.82) is 0 Å². The molecule has 0 saturated heterocycles. The number of aryl methyl sites for hydroxylation is 1. The largest absolute Gasteiger partial charge is 0.478 e. The number of carboxylic acid groups (broad SMARTS) is 1. The zero-order valence-corrected chi connectivity index (χ0v) is 20.0. The molecular formula is C29H30F2N2O2. The van der Waals surface area contributed by atoms with Crippen LogP contribution in [0.1, 0.15) is 52.7 Å². The smallest absolute Gasteiger partial charge is 0.335 e. The number of anilines is 1. The number of aromatic carboxylic acids is 1. The summed E-state index contributed by atoms with van der Waals surface area (Å²) < 4.78 is 29.6. The highest BCUT2D eigenvalue weighted by molar-refractivity contribution is 5.90. The molecule has 1 fully saturated rings. The number of carboxylic acids is 1. The molecule has 0 radical (unpaired) electrons. The highest BCUT2D eigenvalue weighted by atomic mass is 19.2. The molecular weight excluding hydrogens is 446 g/mol. The summed E-state index contributed by atoms with van der Waals surface area (Å²) in [6.45, 7) is 4.91. The molecule has 35 heavy (non-hydrogen) atoms. The van der Waals surface area contributed by atoms with Crippen molar-refractivity contribution in [2.75, 3.05) is 11.9 Å². The van der Waals surface area contributed by atoms with Crippen LogP contribution < -0.4 is 5.32 Å². The van der Waals surface area contributed by atoms with Crippen molar-refractivity contribution in [3.8, 4) is 0 Å². The Bertz CT molecular complexity index is 1350. The number of hydrogen-bond acceptors (Lipinski definition) is 2. The molecule has 2 N–H and O–H groups in total. The van der Waals surface area contributed by atoms with Crippen molar-refractivity contribution in [3.05, 3.63) is 88.7 Å². The van der Waals surface area contributed by atoms with E-state index in [-0.39, 0.29) is 5.92 Å². The predicted molar refractivity (Wildman–Crippen MR) is 135 cm³/mol. The molecule has 3 aromatic rings. The monoisotopic (exact) mass is 476 g/mol. The van der Waals surface area contributed by atoms with Crippen LogP contribution in [0, 0.1) is 18.8 Å². The summed E-state index contributed by atoms with van der Waals surface area (Å²) in [6, 6.07) is 12.1. The van der Waals surface area contributed by atoms with Crippen molar-refractivity contribution in [2.45, 2.75) is 45.6 Å². The molecule has 2 aliphatic rings. The lowest BCUT2D eigenvalue weighted by molar-refractivity contribution is 0.0695. The Morgan fingerprint density at radius 2 is 1.97 bits per heavy atom. The number of carbonyl (C=O) groups is 1. The highest BCUT2D eigenvalue weighted by Crippen LogP contribution is 2.41. The number of allylic oxidation sites excluding steroid dienone is 4. The van der Waals surface area contributed by atoms with E-state index in [4.69, 9.17) is 0 Å². The summed E-state index contributed by atoms with van der Waals surface area (Å²) in [5.41, 5.74) is 5.48. The van der Waals surface area contributed by atoms with Gasteiger partial charge in [-0.1, -0.05) is 19.1 Å². The number of halogens is 2. The Morgan fingerprint density at radius 1 is 1.17 bits per heavy atom. The van der Waals surface area contributed by atoms with E-state index in [2.05, 4.69) is 22.0 Å². The summed E-state index contributed by atoms with van der Waals surface area (Å²) in [4.78, 5) is 11.9. The van der Waals surface area contributed by atoms with Crippen LogP contribution in [0.25, 0.3) is 10.9 Å². The molecule has 2 atom stereocenters. The summed E-state index contributed by atoms with van der Waals surface area (Å²) in [6.07, 6.45) is 7.86. The summed E-state index contributed by atoms with van der Waals surface area (Å²) in [7, 11) is 0. The molecule has 6 heteroatoms. The fraction of sp³-hybridized carbons (Fsp3) is 0.345. The van der Waals surface area contributed by atoms with Crippen LogP contribution in [-0.2, 0) is 13.0 Å². The second-order valence-electron chi connectivity index (χ2n) is 9.87. The maximum Gasteiger partial charge on any atom is 0.335 e. The van der Waals surface area contributed by atoms with Gasteiger partial charge in [0, 0.05) is 47.7 Å². The van der Waals surface area contributed by atoms with Gasteiger partial charge in [-0.15, -0.1) is 0 Å². The Kier molecular flexibility index (Phi) is 6.22. The van der Waals surface area contributed by atoms with Crippen LogP contribution in [0.5, 0.6) is 0 Å². The minimum atomic E-state index is -0.867. The Balaban J connectivity index is 1.26. The van der Waals surface area contributed by atoms with Gasteiger partial charge in [-0.25, -0.2) is 13.6 Å². The molecule has 0 spiro atoms. The van der Waals surface area contributed by atoms with Gasteiger partial charge in [0.2, 0.25) is 0 Å². The molecule has 2 aromatic carbocycles. The Morgan fingerprint density at radius 3 is 2.71 bits per heavy atom. The maximum atomic E-state index is 14.0. The molecule has 2 unspecified atom stereocenters. The van der Waals surface area contributed by atoms with E-state index in [0.717, 1.165) is 46.1 Å². The molecule has 1 saturated carbocycles. The van der Waals surface area contributed by atoms with Gasteiger partial charge in [0.25, 0.3) is 0 Å². The lowest BCUT2D eigenvalue weighted by Crippen LogP contribution is -2.19. The third kappa shape index (κ3) is 4.75. The summed E-state index contributed by atoms with van der Waals surface area (Å²) >= 11 is 0. The van der Waals surface area contributed by atoms with Crippen molar-refractivity contribution in [1.82, 2.24) is 4.57 Å². The van der Waals surface area contributed by atoms with E-state index in [1.807, 2.05) is 37.4 Å². The minimum absolute atomic E-state index is 0.110. The quantitative estimate of drug-likeness (QED) is 0.363. The Hall–Kier alpha value is -3.41. The van der Waals surface area contributed by atoms with Gasteiger partial charge in [-0.2, -0.15) is 0 Å². The first kappa shape index (κ1) is 23.3. The van der Waals surface area contributed by atoms with Crippen molar-refractivity contribution in [3.63, 3.8) is 0 Å². The second-order valence-corrected chi connectivity index (χ2v) is 9.87. The normalized spacial score (nSPS) is 20.0. The zero-order valence-electron chi connectivity index (χ0n) is 20.0. The van der Waals surface area contributed by atoms with Gasteiger partial charge < -0.3 is 15.0 Å². The van der Waals surface area contributed by atoms with Gasteiger partial charge >= 0.3 is 5.97 Å². The average Bonchev–Trinajstić information content (AvgIpc) is 3.61. The summed E-state index contributed by atoms with van der Waals surface area (Å²) in [5.74, 6) is -2.40. The number of hydrogen-bond donors (Lipinski definition) is 2. The van der Waals surface area contributed by atoms with E-state index in [9.17, 15) is 18.7 Å². The minimum Gasteiger partial charge on any atom is -0.478 e. The standard InChI is InChI=1S/C29H30F2N2O2/c1-17-13-22(19-3-4-19)15-25(29(34)35)24(17)9-11-32-23-6-8-27-20(14-23)10-12-33(27)16-21-5-7-26(30)28(31)18(21)2/h5-8,10,12-15,18-19,21,32H,3-4,9,11,16H2,1-2H3,(H,34,35). The predicted octanol–water partition coefficient (Wildman–Crippen LogP) is 7.15. The van der Waals surface area contributed by atoms with E-state index in [1.165, 1.54) is 6.08 Å². The number of aromatic nitrogens is 1. The molecule has 0 amide bonds. The number of fused-ring (bicyclic) bond motifs is 1. The van der Waals surface area contributed by atoms with Crippen LogP contribution in [-0.4, -0.2) is 22.2 Å². The molecule has 0 aliphatic heterocycles. The molecule has 182 valence electrons. The molecule has 4 nitrogen and oxygen atoms in total. The number of benzene rings is 2. The van der Waals surface area contributed by atoms with E-state index in [1.54, 1.807) is 13.0 Å². The maximum absolute atomic E-state index is 14.0. The zero-order chi connectivity index (χ0) is 24.7. The number of rotatable bonds is 8. The number of nitrogens with one attached hydrogen (secondary N) is 1. The topological polar surface area (TPSA) is 54.3 Å². The molecule has 5 rings (SSSR count). The fourth-order valence-corrected chi connectivity index (χ4v) is 5.13. The average molecular weight is 477 g/mol. The molecule has 1 aromatic heterocycles. The molecule has 1 heterocycles. The van der Waals surface area contributed by atoms with Crippen LogP contribution in [0.3, 0.4) is 0 Å². The first-order valence-electron chi connectivity index (χ1n) is 12.2. The van der Waals surface area contributed by atoms with Gasteiger partial charge in [0.1, 0.15) is 5.83 Å². The van der Waals surface area contributed by atoms with Gasteiger partial charge in [-0.3, -0.25) is 0 Å². The molecule has 2 aliphatic carbocycles. The first-order chi connectivity index (χ1) is 16.8. The Labute approximate surface area is 204 Å². The van der Waals surface area contributed by atoms with Crippen molar-refractivity contribution >= 4 is 22.6 Å². The van der Waals surface area contributed by atoms with Gasteiger partial charge in [0.15, 0.2) is 5.83 Å². The van der Waals surface area contributed by atoms with Crippen LogP contribution in [0.2, 0.25) is 0 Å². The van der Waals surface area contributed by atoms with Crippen LogP contribution in [0.4, 0.5) is 14.5 Å². The fourth-order valence-electron chi connectivity index (χ4n) is 5.13.